The number of esters is 1. The average molecular weight is 415 g/mol. The molecule has 1 unspecified atom stereocenters. The second-order valence-corrected chi connectivity index (χ2v) is 8.50. The van der Waals surface area contributed by atoms with Crippen LogP contribution < -0.4 is 14.2 Å². The SMILES string of the molecule is CCCCC(=O)O[C@@H]1CN2Cc3c(cc4c(c3OC)OCO4)[C@@]13C=C[C@H](OC)C[C@H]23. The van der Waals surface area contributed by atoms with Crippen LogP contribution in [0.3, 0.4) is 0 Å². The van der Waals surface area contributed by atoms with Gasteiger partial charge in [0.15, 0.2) is 11.5 Å². The van der Waals surface area contributed by atoms with Gasteiger partial charge in [0, 0.05) is 38.2 Å². The fourth-order valence-corrected chi connectivity index (χ4v) is 5.61. The van der Waals surface area contributed by atoms with E-state index in [0.29, 0.717) is 24.5 Å². The second kappa shape index (κ2) is 7.46. The number of rotatable bonds is 6. The van der Waals surface area contributed by atoms with Crippen molar-refractivity contribution >= 4 is 5.97 Å². The summed E-state index contributed by atoms with van der Waals surface area (Å²) in [5.41, 5.74) is 1.76. The van der Waals surface area contributed by atoms with E-state index in [9.17, 15) is 4.79 Å². The van der Waals surface area contributed by atoms with Crippen molar-refractivity contribution in [1.29, 1.82) is 0 Å². The number of benzene rings is 1. The third kappa shape index (κ3) is 2.75. The van der Waals surface area contributed by atoms with Gasteiger partial charge in [-0.05, 0) is 24.5 Å². The van der Waals surface area contributed by atoms with Crippen molar-refractivity contribution in [2.45, 2.75) is 62.8 Å². The Morgan fingerprint density at radius 2 is 2.20 bits per heavy atom. The van der Waals surface area contributed by atoms with Gasteiger partial charge < -0.3 is 23.7 Å². The van der Waals surface area contributed by atoms with Crippen LogP contribution in [0.5, 0.6) is 17.2 Å². The molecule has 1 aromatic rings. The highest BCUT2D eigenvalue weighted by Gasteiger charge is 2.61. The number of carbonyl (C=O) groups is 1. The molecule has 0 amide bonds. The summed E-state index contributed by atoms with van der Waals surface area (Å²) in [6, 6.07) is 2.26. The number of fused-ring (bicyclic) bond motifs is 2. The summed E-state index contributed by atoms with van der Waals surface area (Å²) in [5, 5.41) is 0. The predicted octanol–water partition coefficient (Wildman–Crippen LogP) is 2.94. The lowest BCUT2D eigenvalue weighted by atomic mass is 9.65. The monoisotopic (exact) mass is 415 g/mol. The van der Waals surface area contributed by atoms with Crippen molar-refractivity contribution in [3.05, 3.63) is 29.3 Å². The molecule has 5 rings (SSSR count). The number of methoxy groups -OCH3 is 2. The first kappa shape index (κ1) is 19.7. The molecular formula is C23H29NO6. The number of carbonyl (C=O) groups excluding carboxylic acids is 1. The first-order chi connectivity index (χ1) is 14.6. The largest absolute Gasteiger partial charge is 0.492 e. The third-order valence-corrected chi connectivity index (χ3v) is 7.03. The summed E-state index contributed by atoms with van der Waals surface area (Å²) in [6.45, 7) is 3.67. The van der Waals surface area contributed by atoms with Crippen LogP contribution in [0.25, 0.3) is 0 Å². The maximum atomic E-state index is 12.6. The van der Waals surface area contributed by atoms with Crippen molar-refractivity contribution in [2.24, 2.45) is 0 Å². The molecule has 162 valence electrons. The Kier molecular flexibility index (Phi) is 4.90. The van der Waals surface area contributed by atoms with Crippen LogP contribution in [-0.2, 0) is 26.2 Å². The van der Waals surface area contributed by atoms with Crippen molar-refractivity contribution in [3.63, 3.8) is 0 Å². The summed E-state index contributed by atoms with van der Waals surface area (Å²) in [5.74, 6) is 1.96. The number of unbranched alkanes of at least 4 members (excludes halogenated alkanes) is 1. The molecule has 1 fully saturated rings. The fraction of sp³-hybridized carbons (Fsp3) is 0.609. The van der Waals surface area contributed by atoms with Crippen LogP contribution in [-0.4, -0.2) is 56.7 Å². The van der Waals surface area contributed by atoms with E-state index in [2.05, 4.69) is 30.0 Å². The van der Waals surface area contributed by atoms with Gasteiger partial charge in [-0.25, -0.2) is 0 Å². The van der Waals surface area contributed by atoms with E-state index in [1.165, 1.54) is 0 Å². The molecule has 0 saturated carbocycles. The van der Waals surface area contributed by atoms with Gasteiger partial charge >= 0.3 is 5.97 Å². The number of hydrogen-bond acceptors (Lipinski definition) is 7. The zero-order chi connectivity index (χ0) is 20.9. The fourth-order valence-electron chi connectivity index (χ4n) is 5.61. The molecule has 5 atom stereocenters. The molecule has 0 radical (unpaired) electrons. The Morgan fingerprint density at radius 3 is 2.97 bits per heavy atom. The normalized spacial score (nSPS) is 32.5. The molecule has 4 aliphatic rings. The molecule has 0 aromatic heterocycles. The Balaban J connectivity index is 1.63. The lowest BCUT2D eigenvalue weighted by Crippen LogP contribution is -2.53. The van der Waals surface area contributed by atoms with E-state index in [-0.39, 0.29) is 31.0 Å². The average Bonchev–Trinajstić information content (AvgIpc) is 3.31. The third-order valence-electron chi connectivity index (χ3n) is 7.03. The van der Waals surface area contributed by atoms with Gasteiger partial charge in [0.25, 0.3) is 0 Å². The standard InChI is InChI=1S/C23H29NO6/c1-4-5-6-20(25)30-19-12-24-11-15-16(10-17-22(21(15)27-3)29-13-28-17)23(19)8-7-14(26-2)9-18(23)24/h7-8,10,14,18-19H,4-6,9,11-13H2,1-3H3/t14-,18-,19+,23+/m0/s1. The molecule has 7 heteroatoms. The summed E-state index contributed by atoms with van der Waals surface area (Å²) >= 11 is 0. The maximum Gasteiger partial charge on any atom is 0.306 e. The zero-order valence-corrected chi connectivity index (χ0v) is 17.8. The molecule has 1 aliphatic carbocycles. The number of nitrogens with zero attached hydrogens (tertiary/aromatic N) is 1. The van der Waals surface area contributed by atoms with Gasteiger partial charge in [0.1, 0.15) is 6.10 Å². The van der Waals surface area contributed by atoms with Crippen molar-refractivity contribution in [1.82, 2.24) is 4.90 Å². The van der Waals surface area contributed by atoms with Gasteiger partial charge in [-0.2, -0.15) is 0 Å². The van der Waals surface area contributed by atoms with Crippen molar-refractivity contribution < 1.29 is 28.5 Å². The molecule has 3 heterocycles. The molecule has 30 heavy (non-hydrogen) atoms. The number of ether oxygens (including phenoxy) is 5. The molecule has 0 N–H and O–H groups in total. The van der Waals surface area contributed by atoms with E-state index in [1.807, 2.05) is 0 Å². The van der Waals surface area contributed by atoms with Crippen LogP contribution in [0.4, 0.5) is 0 Å². The Labute approximate surface area is 176 Å². The van der Waals surface area contributed by atoms with Gasteiger partial charge in [-0.15, -0.1) is 0 Å². The molecule has 2 bridgehead atoms. The molecule has 3 aliphatic heterocycles. The van der Waals surface area contributed by atoms with Crippen molar-refractivity contribution in [3.8, 4) is 17.2 Å². The molecular weight excluding hydrogens is 386 g/mol. The van der Waals surface area contributed by atoms with E-state index in [4.69, 9.17) is 23.7 Å². The van der Waals surface area contributed by atoms with Crippen LogP contribution >= 0.6 is 0 Å². The first-order valence-electron chi connectivity index (χ1n) is 10.8. The zero-order valence-electron chi connectivity index (χ0n) is 17.8. The first-order valence-corrected chi connectivity index (χ1v) is 10.8. The highest BCUT2D eigenvalue weighted by molar-refractivity contribution is 5.71. The van der Waals surface area contributed by atoms with Gasteiger partial charge in [0.2, 0.25) is 12.5 Å². The number of hydrogen-bond donors (Lipinski definition) is 0. The minimum Gasteiger partial charge on any atom is -0.492 e. The quantitative estimate of drug-likeness (QED) is 0.523. The van der Waals surface area contributed by atoms with Gasteiger partial charge in [-0.1, -0.05) is 25.5 Å². The lowest BCUT2D eigenvalue weighted by Gasteiger charge is -2.46. The summed E-state index contributed by atoms with van der Waals surface area (Å²) in [7, 11) is 3.41. The Bertz CT molecular complexity index is 883. The molecule has 1 aromatic carbocycles. The molecule has 1 saturated heterocycles. The Morgan fingerprint density at radius 1 is 1.33 bits per heavy atom. The highest BCUT2D eigenvalue weighted by Crippen LogP contribution is 2.57. The smallest absolute Gasteiger partial charge is 0.306 e. The van der Waals surface area contributed by atoms with E-state index in [1.54, 1.807) is 14.2 Å². The van der Waals surface area contributed by atoms with E-state index in [0.717, 1.165) is 42.7 Å². The maximum absolute atomic E-state index is 12.6. The summed E-state index contributed by atoms with van der Waals surface area (Å²) < 4.78 is 29.0. The Hall–Kier alpha value is -2.25. The van der Waals surface area contributed by atoms with Crippen LogP contribution in [0.2, 0.25) is 0 Å². The topological polar surface area (TPSA) is 66.5 Å². The van der Waals surface area contributed by atoms with E-state index < -0.39 is 5.41 Å². The van der Waals surface area contributed by atoms with E-state index >= 15 is 0 Å². The van der Waals surface area contributed by atoms with Crippen molar-refractivity contribution in [2.75, 3.05) is 27.6 Å². The summed E-state index contributed by atoms with van der Waals surface area (Å²) in [6.07, 6.45) is 7.23. The van der Waals surface area contributed by atoms with Crippen LogP contribution in [0, 0.1) is 0 Å². The van der Waals surface area contributed by atoms with Gasteiger partial charge in [0.05, 0.1) is 18.6 Å². The molecule has 0 spiro atoms. The van der Waals surface area contributed by atoms with Crippen LogP contribution in [0.15, 0.2) is 18.2 Å². The lowest BCUT2D eigenvalue weighted by molar-refractivity contribution is -0.150. The minimum atomic E-state index is -0.446. The second-order valence-electron chi connectivity index (χ2n) is 8.50. The predicted molar refractivity (Wildman–Crippen MR) is 109 cm³/mol. The highest BCUT2D eigenvalue weighted by atomic mass is 16.7. The van der Waals surface area contributed by atoms with Gasteiger partial charge in [-0.3, -0.25) is 9.69 Å². The van der Waals surface area contributed by atoms with Crippen LogP contribution in [0.1, 0.15) is 43.7 Å². The summed E-state index contributed by atoms with van der Waals surface area (Å²) in [4.78, 5) is 15.0. The minimum absolute atomic E-state index is 0.0534. The molecule has 7 nitrogen and oxygen atoms in total.